The van der Waals surface area contributed by atoms with Gasteiger partial charge in [-0.1, -0.05) is 23.2 Å². The second-order valence-electron chi connectivity index (χ2n) is 5.05. The molecule has 2 atom stereocenters. The lowest BCUT2D eigenvalue weighted by Gasteiger charge is -2.25. The van der Waals surface area contributed by atoms with E-state index in [1.165, 1.54) is 19.1 Å². The number of carbonyl (C=O) groups is 2. The number of hydrogen-bond donors (Lipinski definition) is 3. The number of amides is 2. The van der Waals surface area contributed by atoms with Gasteiger partial charge in [0.05, 0.1) is 19.3 Å². The van der Waals surface area contributed by atoms with E-state index < -0.39 is 23.5 Å². The third kappa shape index (κ3) is 3.58. The van der Waals surface area contributed by atoms with Crippen LogP contribution in [0.4, 0.5) is 10.5 Å². The van der Waals surface area contributed by atoms with E-state index in [1.807, 2.05) is 0 Å². The number of benzene rings is 1. The van der Waals surface area contributed by atoms with Crippen LogP contribution in [0.5, 0.6) is 0 Å². The molecule has 1 heterocycles. The Kier molecular flexibility index (Phi) is 4.61. The molecule has 114 valence electrons. The number of carboxylic acids is 1. The predicted octanol–water partition coefficient (Wildman–Crippen LogP) is 2.60. The minimum atomic E-state index is -1.15. The van der Waals surface area contributed by atoms with E-state index in [4.69, 9.17) is 27.9 Å². The Bertz CT molecular complexity index is 561. The standard InChI is InChI=1S/C13H14Cl2N2O4/c1-13(11(18)19)6-21-5-10(13)17-12(20)16-9-3-7(14)2-8(15)4-9/h2-4,10H,5-6H2,1H3,(H,18,19)(H2,16,17,20). The average Bonchev–Trinajstić information content (AvgIpc) is 2.70. The lowest BCUT2D eigenvalue weighted by Crippen LogP contribution is -2.50. The van der Waals surface area contributed by atoms with Crippen LogP contribution in [-0.2, 0) is 9.53 Å². The van der Waals surface area contributed by atoms with Crippen molar-refractivity contribution >= 4 is 40.9 Å². The predicted molar refractivity (Wildman–Crippen MR) is 79.0 cm³/mol. The second-order valence-corrected chi connectivity index (χ2v) is 5.92. The van der Waals surface area contributed by atoms with Crippen LogP contribution in [0.25, 0.3) is 0 Å². The van der Waals surface area contributed by atoms with Gasteiger partial charge in [-0.15, -0.1) is 0 Å². The number of nitrogens with one attached hydrogen (secondary N) is 2. The number of urea groups is 1. The van der Waals surface area contributed by atoms with E-state index in [2.05, 4.69) is 10.6 Å². The Hall–Kier alpha value is -1.50. The van der Waals surface area contributed by atoms with Gasteiger partial charge >= 0.3 is 12.0 Å². The molecule has 1 aliphatic rings. The van der Waals surface area contributed by atoms with E-state index >= 15 is 0 Å². The van der Waals surface area contributed by atoms with Gasteiger partial charge in [-0.3, -0.25) is 4.79 Å². The van der Waals surface area contributed by atoms with Gasteiger partial charge in [0.15, 0.2) is 0 Å². The van der Waals surface area contributed by atoms with Crippen molar-refractivity contribution in [3.63, 3.8) is 0 Å². The molecule has 8 heteroatoms. The van der Waals surface area contributed by atoms with Crippen LogP contribution in [-0.4, -0.2) is 36.4 Å². The molecular formula is C13H14Cl2N2O4. The van der Waals surface area contributed by atoms with Gasteiger partial charge in [0.2, 0.25) is 0 Å². The number of halogens is 2. The number of aliphatic carboxylic acids is 1. The highest BCUT2D eigenvalue weighted by atomic mass is 35.5. The van der Waals surface area contributed by atoms with Gasteiger partial charge in [0, 0.05) is 15.7 Å². The molecular weight excluding hydrogens is 319 g/mol. The average molecular weight is 333 g/mol. The first kappa shape index (κ1) is 15.9. The third-order valence-electron chi connectivity index (χ3n) is 3.37. The summed E-state index contributed by atoms with van der Waals surface area (Å²) in [7, 11) is 0. The van der Waals surface area contributed by atoms with Crippen LogP contribution in [0.1, 0.15) is 6.92 Å². The number of ether oxygens (including phenoxy) is 1. The number of hydrogen-bond acceptors (Lipinski definition) is 3. The summed E-state index contributed by atoms with van der Waals surface area (Å²) in [6, 6.07) is 3.45. The zero-order valence-corrected chi connectivity index (χ0v) is 12.7. The van der Waals surface area contributed by atoms with Crippen molar-refractivity contribution in [2.45, 2.75) is 13.0 Å². The molecule has 1 saturated heterocycles. The van der Waals surface area contributed by atoms with Gasteiger partial charge in [-0.2, -0.15) is 0 Å². The Morgan fingerprint density at radius 1 is 1.33 bits per heavy atom. The van der Waals surface area contributed by atoms with E-state index in [9.17, 15) is 14.7 Å². The zero-order chi connectivity index (χ0) is 15.6. The first-order valence-corrected chi connectivity index (χ1v) is 6.91. The fourth-order valence-electron chi connectivity index (χ4n) is 2.04. The highest BCUT2D eigenvalue weighted by molar-refractivity contribution is 6.35. The lowest BCUT2D eigenvalue weighted by atomic mass is 9.85. The number of carbonyl (C=O) groups excluding carboxylic acids is 1. The summed E-state index contributed by atoms with van der Waals surface area (Å²) >= 11 is 11.7. The third-order valence-corrected chi connectivity index (χ3v) is 3.81. The largest absolute Gasteiger partial charge is 0.481 e. The summed E-state index contributed by atoms with van der Waals surface area (Å²) in [4.78, 5) is 23.2. The summed E-state index contributed by atoms with van der Waals surface area (Å²) in [5.74, 6) is -1.02. The second kappa shape index (κ2) is 6.09. The zero-order valence-electron chi connectivity index (χ0n) is 11.2. The van der Waals surface area contributed by atoms with Gasteiger partial charge < -0.3 is 20.5 Å². The number of rotatable bonds is 3. The molecule has 1 fully saturated rings. The molecule has 21 heavy (non-hydrogen) atoms. The Labute approximate surface area is 131 Å². The van der Waals surface area contributed by atoms with Crippen molar-refractivity contribution in [1.82, 2.24) is 5.32 Å². The van der Waals surface area contributed by atoms with Crippen LogP contribution in [0.2, 0.25) is 10.0 Å². The maximum atomic E-state index is 11.9. The van der Waals surface area contributed by atoms with Gasteiger partial charge in [-0.25, -0.2) is 4.79 Å². The highest BCUT2D eigenvalue weighted by Gasteiger charge is 2.47. The molecule has 0 bridgehead atoms. The molecule has 0 aromatic heterocycles. The fraction of sp³-hybridized carbons (Fsp3) is 0.385. The first-order chi connectivity index (χ1) is 9.81. The van der Waals surface area contributed by atoms with Crippen molar-refractivity contribution in [2.75, 3.05) is 18.5 Å². The van der Waals surface area contributed by atoms with Crippen molar-refractivity contribution < 1.29 is 19.4 Å². The van der Waals surface area contributed by atoms with Gasteiger partial charge in [0.1, 0.15) is 5.41 Å². The molecule has 0 spiro atoms. The molecule has 2 rings (SSSR count). The van der Waals surface area contributed by atoms with Crippen LogP contribution >= 0.6 is 23.2 Å². The minimum Gasteiger partial charge on any atom is -0.481 e. The maximum absolute atomic E-state index is 11.9. The maximum Gasteiger partial charge on any atom is 0.319 e. The topological polar surface area (TPSA) is 87.7 Å². The first-order valence-electron chi connectivity index (χ1n) is 6.16. The summed E-state index contributed by atoms with van der Waals surface area (Å²) in [6.45, 7) is 1.73. The van der Waals surface area contributed by atoms with E-state index in [0.717, 1.165) is 0 Å². The molecule has 2 unspecified atom stereocenters. The van der Waals surface area contributed by atoms with Crippen LogP contribution in [0.3, 0.4) is 0 Å². The molecule has 3 N–H and O–H groups in total. The monoisotopic (exact) mass is 332 g/mol. The fourth-order valence-corrected chi connectivity index (χ4v) is 2.56. The van der Waals surface area contributed by atoms with E-state index in [0.29, 0.717) is 15.7 Å². The normalized spacial score (nSPS) is 24.6. The summed E-state index contributed by atoms with van der Waals surface area (Å²) in [5, 5.41) is 15.2. The van der Waals surface area contributed by atoms with Crippen LogP contribution in [0, 0.1) is 5.41 Å². The summed E-state index contributed by atoms with van der Waals surface area (Å²) in [6.07, 6.45) is 0. The lowest BCUT2D eigenvalue weighted by molar-refractivity contribution is -0.148. The molecule has 1 aromatic carbocycles. The van der Waals surface area contributed by atoms with Gasteiger partial charge in [-0.05, 0) is 25.1 Å². The quantitative estimate of drug-likeness (QED) is 0.793. The number of anilines is 1. The van der Waals surface area contributed by atoms with Crippen molar-refractivity contribution in [2.24, 2.45) is 5.41 Å². The smallest absolute Gasteiger partial charge is 0.319 e. The molecule has 1 aromatic rings. The van der Waals surface area contributed by atoms with Crippen LogP contribution in [0.15, 0.2) is 18.2 Å². The molecule has 2 amide bonds. The Morgan fingerprint density at radius 2 is 1.95 bits per heavy atom. The van der Waals surface area contributed by atoms with Crippen molar-refractivity contribution in [1.29, 1.82) is 0 Å². The molecule has 0 saturated carbocycles. The molecule has 6 nitrogen and oxygen atoms in total. The Balaban J connectivity index is 2.03. The van der Waals surface area contributed by atoms with Crippen LogP contribution < -0.4 is 10.6 Å². The Morgan fingerprint density at radius 3 is 2.52 bits per heavy atom. The van der Waals surface area contributed by atoms with Crippen molar-refractivity contribution in [3.05, 3.63) is 28.2 Å². The van der Waals surface area contributed by atoms with E-state index in [-0.39, 0.29) is 13.2 Å². The molecule has 1 aliphatic heterocycles. The minimum absolute atomic E-state index is 0.0519. The van der Waals surface area contributed by atoms with E-state index in [1.54, 1.807) is 6.07 Å². The summed E-state index contributed by atoms with van der Waals surface area (Å²) in [5.41, 5.74) is -0.732. The van der Waals surface area contributed by atoms with Gasteiger partial charge in [0.25, 0.3) is 0 Å². The SMILES string of the molecule is CC1(C(=O)O)COCC1NC(=O)Nc1cc(Cl)cc(Cl)c1. The highest BCUT2D eigenvalue weighted by Crippen LogP contribution is 2.29. The molecule has 0 radical (unpaired) electrons. The summed E-state index contributed by atoms with van der Waals surface area (Å²) < 4.78 is 5.16. The number of carboxylic acid groups (broad SMARTS) is 1. The molecule has 0 aliphatic carbocycles. The van der Waals surface area contributed by atoms with Crippen molar-refractivity contribution in [3.8, 4) is 0 Å².